The van der Waals surface area contributed by atoms with Gasteiger partial charge in [-0.05, 0) is 19.8 Å². The lowest BCUT2D eigenvalue weighted by Crippen LogP contribution is -2.30. The fourth-order valence-corrected chi connectivity index (χ4v) is 4.15. The molecular weight excluding hydrogens is 330 g/mol. The van der Waals surface area contributed by atoms with E-state index in [-0.39, 0.29) is 24.2 Å². The number of rotatable bonds is 5. The SMILES string of the molecule is Cc1nc(C)c(CC(=O)N2C[C@@H](CC(=O)O)[C@@H](c3cn[nH]n3)C2)s1. The van der Waals surface area contributed by atoms with Gasteiger partial charge in [0.25, 0.3) is 0 Å². The van der Waals surface area contributed by atoms with Crippen LogP contribution in [-0.4, -0.2) is 55.4 Å². The van der Waals surface area contributed by atoms with Crippen molar-refractivity contribution in [3.05, 3.63) is 27.5 Å². The van der Waals surface area contributed by atoms with E-state index in [2.05, 4.69) is 20.4 Å². The molecule has 24 heavy (non-hydrogen) atoms. The molecule has 2 aromatic heterocycles. The molecule has 2 N–H and O–H groups in total. The first-order valence-corrected chi connectivity index (χ1v) is 8.53. The number of carboxylic acid groups (broad SMARTS) is 1. The Morgan fingerprint density at radius 1 is 1.42 bits per heavy atom. The Balaban J connectivity index is 1.73. The lowest BCUT2D eigenvalue weighted by atomic mass is 9.91. The van der Waals surface area contributed by atoms with E-state index < -0.39 is 5.97 Å². The Kier molecular flexibility index (Phi) is 4.61. The molecule has 1 fully saturated rings. The number of nitrogens with zero attached hydrogens (tertiary/aromatic N) is 4. The number of carbonyl (C=O) groups excluding carboxylic acids is 1. The van der Waals surface area contributed by atoms with Gasteiger partial charge in [-0.3, -0.25) is 9.59 Å². The van der Waals surface area contributed by atoms with Crippen LogP contribution in [0.25, 0.3) is 0 Å². The molecule has 0 unspecified atom stereocenters. The molecule has 0 radical (unpaired) electrons. The summed E-state index contributed by atoms with van der Waals surface area (Å²) < 4.78 is 0. The average molecular weight is 349 g/mol. The second-order valence-electron chi connectivity index (χ2n) is 6.08. The minimum absolute atomic E-state index is 0.00290. The molecule has 3 rings (SSSR count). The Hall–Kier alpha value is -2.29. The predicted octanol–water partition coefficient (Wildman–Crippen LogP) is 1.14. The number of aryl methyl sites for hydroxylation is 2. The Labute approximate surface area is 142 Å². The van der Waals surface area contributed by atoms with Crippen LogP contribution in [0.4, 0.5) is 0 Å². The van der Waals surface area contributed by atoms with Gasteiger partial charge in [-0.25, -0.2) is 4.98 Å². The van der Waals surface area contributed by atoms with Crippen LogP contribution < -0.4 is 0 Å². The summed E-state index contributed by atoms with van der Waals surface area (Å²) in [4.78, 5) is 30.8. The molecule has 9 heteroatoms. The highest BCUT2D eigenvalue weighted by Gasteiger charge is 2.38. The molecule has 1 aliphatic heterocycles. The third kappa shape index (κ3) is 3.45. The van der Waals surface area contributed by atoms with E-state index in [1.165, 1.54) is 11.3 Å². The summed E-state index contributed by atoms with van der Waals surface area (Å²) in [7, 11) is 0. The molecule has 128 valence electrons. The van der Waals surface area contributed by atoms with Crippen molar-refractivity contribution in [2.75, 3.05) is 13.1 Å². The lowest BCUT2D eigenvalue weighted by Gasteiger charge is -2.15. The molecule has 3 heterocycles. The first kappa shape index (κ1) is 16.6. The number of hydrogen-bond acceptors (Lipinski definition) is 6. The first-order valence-electron chi connectivity index (χ1n) is 7.72. The van der Waals surface area contributed by atoms with Gasteiger partial charge in [0.2, 0.25) is 5.91 Å². The molecule has 2 atom stereocenters. The Morgan fingerprint density at radius 3 is 2.79 bits per heavy atom. The van der Waals surface area contributed by atoms with Crippen molar-refractivity contribution < 1.29 is 14.7 Å². The van der Waals surface area contributed by atoms with Gasteiger partial charge in [-0.2, -0.15) is 15.4 Å². The summed E-state index contributed by atoms with van der Waals surface area (Å²) in [5.41, 5.74) is 1.60. The third-order valence-corrected chi connectivity index (χ3v) is 5.43. The van der Waals surface area contributed by atoms with Crippen molar-refractivity contribution in [2.45, 2.75) is 32.6 Å². The number of carboxylic acids is 1. The standard InChI is InChI=1S/C15H19N5O3S/c1-8-13(24-9(2)17-8)4-14(21)20-6-10(3-15(22)23)11(7-20)12-5-16-19-18-12/h5,10-11H,3-4,6-7H2,1-2H3,(H,22,23)(H,16,18,19)/t10-,11+/m1/s1. The summed E-state index contributed by atoms with van der Waals surface area (Å²) in [6.45, 7) is 4.73. The number of nitrogens with one attached hydrogen (secondary N) is 1. The van der Waals surface area contributed by atoms with Crippen molar-refractivity contribution in [2.24, 2.45) is 5.92 Å². The average Bonchev–Trinajstić information content (AvgIpc) is 3.19. The number of aromatic amines is 1. The van der Waals surface area contributed by atoms with E-state index in [0.29, 0.717) is 25.2 Å². The number of aromatic nitrogens is 4. The fraction of sp³-hybridized carbons (Fsp3) is 0.533. The van der Waals surface area contributed by atoms with Crippen molar-refractivity contribution in [3.63, 3.8) is 0 Å². The van der Waals surface area contributed by atoms with E-state index in [1.807, 2.05) is 13.8 Å². The molecule has 0 aliphatic carbocycles. The molecule has 2 aromatic rings. The van der Waals surface area contributed by atoms with E-state index in [4.69, 9.17) is 5.11 Å². The number of carbonyl (C=O) groups is 2. The number of thiazole rings is 1. The molecule has 1 amide bonds. The van der Waals surface area contributed by atoms with Crippen molar-refractivity contribution in [3.8, 4) is 0 Å². The highest BCUT2D eigenvalue weighted by molar-refractivity contribution is 7.11. The lowest BCUT2D eigenvalue weighted by molar-refractivity contribution is -0.138. The normalized spacial score (nSPS) is 20.5. The van der Waals surface area contributed by atoms with Crippen molar-refractivity contribution >= 4 is 23.2 Å². The summed E-state index contributed by atoms with van der Waals surface area (Å²) in [6.07, 6.45) is 1.92. The minimum Gasteiger partial charge on any atom is -0.481 e. The molecule has 8 nitrogen and oxygen atoms in total. The zero-order valence-corrected chi connectivity index (χ0v) is 14.3. The summed E-state index contributed by atoms with van der Waals surface area (Å²) in [6, 6.07) is 0. The number of aliphatic carboxylic acids is 1. The first-order chi connectivity index (χ1) is 11.4. The van der Waals surface area contributed by atoms with Gasteiger partial charge in [0.15, 0.2) is 0 Å². The second kappa shape index (κ2) is 6.68. The Morgan fingerprint density at radius 2 is 2.21 bits per heavy atom. The molecule has 0 aromatic carbocycles. The quantitative estimate of drug-likeness (QED) is 0.837. The van der Waals surface area contributed by atoms with Gasteiger partial charge in [0.1, 0.15) is 0 Å². The monoisotopic (exact) mass is 349 g/mol. The van der Waals surface area contributed by atoms with Gasteiger partial charge in [0.05, 0.1) is 35.4 Å². The molecule has 0 spiro atoms. The topological polar surface area (TPSA) is 112 Å². The molecule has 0 bridgehead atoms. The van der Waals surface area contributed by atoms with Crippen LogP contribution in [0, 0.1) is 19.8 Å². The molecular formula is C15H19N5O3S. The maximum absolute atomic E-state index is 12.6. The number of likely N-dealkylation sites (tertiary alicyclic amines) is 1. The maximum Gasteiger partial charge on any atom is 0.303 e. The second-order valence-corrected chi connectivity index (χ2v) is 7.36. The number of H-pyrrole nitrogens is 1. The van der Waals surface area contributed by atoms with E-state index >= 15 is 0 Å². The van der Waals surface area contributed by atoms with Crippen LogP contribution in [0.15, 0.2) is 6.20 Å². The maximum atomic E-state index is 12.6. The van der Waals surface area contributed by atoms with Gasteiger partial charge in [-0.15, -0.1) is 11.3 Å². The highest BCUT2D eigenvalue weighted by Crippen LogP contribution is 2.34. The number of hydrogen-bond donors (Lipinski definition) is 2. The van der Waals surface area contributed by atoms with E-state index in [9.17, 15) is 9.59 Å². The van der Waals surface area contributed by atoms with Gasteiger partial charge >= 0.3 is 5.97 Å². The smallest absolute Gasteiger partial charge is 0.303 e. The number of amides is 1. The molecule has 0 saturated carbocycles. The van der Waals surface area contributed by atoms with Crippen LogP contribution in [0.3, 0.4) is 0 Å². The largest absolute Gasteiger partial charge is 0.481 e. The van der Waals surface area contributed by atoms with Crippen molar-refractivity contribution in [1.29, 1.82) is 0 Å². The predicted molar refractivity (Wildman–Crippen MR) is 86.7 cm³/mol. The fourth-order valence-electron chi connectivity index (χ4n) is 3.22. The van der Waals surface area contributed by atoms with Crippen LogP contribution in [0.1, 0.15) is 33.6 Å². The zero-order chi connectivity index (χ0) is 17.3. The van der Waals surface area contributed by atoms with E-state index in [0.717, 1.165) is 15.6 Å². The Bertz CT molecular complexity index is 742. The van der Waals surface area contributed by atoms with Crippen LogP contribution in [-0.2, 0) is 16.0 Å². The zero-order valence-electron chi connectivity index (χ0n) is 13.5. The van der Waals surface area contributed by atoms with Crippen LogP contribution in [0.2, 0.25) is 0 Å². The van der Waals surface area contributed by atoms with Crippen LogP contribution in [0.5, 0.6) is 0 Å². The molecule has 1 aliphatic rings. The summed E-state index contributed by atoms with van der Waals surface area (Å²) >= 11 is 1.53. The third-order valence-electron chi connectivity index (χ3n) is 4.36. The summed E-state index contributed by atoms with van der Waals surface area (Å²) in [5.74, 6) is -1.12. The van der Waals surface area contributed by atoms with Gasteiger partial charge < -0.3 is 10.0 Å². The highest BCUT2D eigenvalue weighted by atomic mass is 32.1. The van der Waals surface area contributed by atoms with Gasteiger partial charge in [-0.1, -0.05) is 0 Å². The van der Waals surface area contributed by atoms with Gasteiger partial charge in [0, 0.05) is 23.9 Å². The minimum atomic E-state index is -0.864. The van der Waals surface area contributed by atoms with Crippen molar-refractivity contribution in [1.82, 2.24) is 25.3 Å². The molecule has 1 saturated heterocycles. The van der Waals surface area contributed by atoms with Crippen LogP contribution >= 0.6 is 11.3 Å². The van der Waals surface area contributed by atoms with E-state index in [1.54, 1.807) is 11.1 Å². The summed E-state index contributed by atoms with van der Waals surface area (Å²) in [5, 5.41) is 20.5.